The van der Waals surface area contributed by atoms with Gasteiger partial charge in [-0.3, -0.25) is 9.69 Å². The molecule has 0 radical (unpaired) electrons. The van der Waals surface area contributed by atoms with Crippen LogP contribution in [-0.2, 0) is 4.79 Å². The third-order valence-electron chi connectivity index (χ3n) is 6.64. The van der Waals surface area contributed by atoms with Crippen molar-refractivity contribution in [3.8, 4) is 0 Å². The van der Waals surface area contributed by atoms with E-state index in [-0.39, 0.29) is 11.9 Å². The van der Waals surface area contributed by atoms with Crippen LogP contribution < -0.4 is 0 Å². The monoisotopic (exact) mass is 454 g/mol. The third kappa shape index (κ3) is 4.77. The fourth-order valence-electron chi connectivity index (χ4n) is 4.71. The predicted octanol–water partition coefficient (Wildman–Crippen LogP) is 7.90. The van der Waals surface area contributed by atoms with Crippen molar-refractivity contribution in [2.45, 2.75) is 57.9 Å². The normalized spacial score (nSPS) is 20.0. The second kappa shape index (κ2) is 9.56. The van der Waals surface area contributed by atoms with Crippen LogP contribution in [0.2, 0.25) is 0 Å². The zero-order valence-corrected chi connectivity index (χ0v) is 20.1. The molecule has 0 spiro atoms. The van der Waals surface area contributed by atoms with Crippen LogP contribution in [0.5, 0.6) is 0 Å². The highest BCUT2D eigenvalue weighted by molar-refractivity contribution is 8.18. The summed E-state index contributed by atoms with van der Waals surface area (Å²) in [7, 11) is 0. The lowest BCUT2D eigenvalue weighted by atomic mass is 9.94. The van der Waals surface area contributed by atoms with Gasteiger partial charge in [-0.2, -0.15) is 0 Å². The van der Waals surface area contributed by atoms with Gasteiger partial charge in [-0.25, -0.2) is 4.99 Å². The minimum atomic E-state index is 0.0966. The number of fused-ring (bicyclic) bond motifs is 1. The maximum absolute atomic E-state index is 13.6. The highest BCUT2D eigenvalue weighted by Crippen LogP contribution is 2.39. The molecule has 3 nitrogen and oxygen atoms in total. The molecular formula is C29H30N2OS. The average molecular weight is 455 g/mol. The number of thioether (sulfide) groups is 1. The Morgan fingerprint density at radius 1 is 0.939 bits per heavy atom. The maximum Gasteiger partial charge on any atom is 0.267 e. The smallest absolute Gasteiger partial charge is 0.267 e. The quantitative estimate of drug-likeness (QED) is 0.375. The largest absolute Gasteiger partial charge is 0.283 e. The van der Waals surface area contributed by atoms with E-state index in [2.05, 4.69) is 68.4 Å². The Morgan fingerprint density at radius 3 is 2.39 bits per heavy atom. The first kappa shape index (κ1) is 22.0. The number of aliphatic imine (C=N–C) groups is 1. The summed E-state index contributed by atoms with van der Waals surface area (Å²) in [6, 6.07) is 23.4. The van der Waals surface area contributed by atoms with Gasteiger partial charge in [-0.15, -0.1) is 0 Å². The Morgan fingerprint density at radius 2 is 1.67 bits per heavy atom. The molecule has 0 unspecified atom stereocenters. The molecule has 0 atom stereocenters. The molecule has 5 rings (SSSR count). The highest BCUT2D eigenvalue weighted by Gasteiger charge is 2.38. The molecule has 1 amide bonds. The van der Waals surface area contributed by atoms with Crippen molar-refractivity contribution in [2.24, 2.45) is 4.99 Å². The second-order valence-electron chi connectivity index (χ2n) is 9.32. The van der Waals surface area contributed by atoms with Crippen molar-refractivity contribution in [1.29, 1.82) is 0 Å². The molecule has 1 aliphatic carbocycles. The molecule has 4 heteroatoms. The maximum atomic E-state index is 13.6. The molecule has 3 aromatic carbocycles. The topological polar surface area (TPSA) is 32.7 Å². The van der Waals surface area contributed by atoms with Crippen LogP contribution in [0.4, 0.5) is 5.69 Å². The molecule has 1 heterocycles. The molecule has 1 saturated heterocycles. The number of amides is 1. The fraction of sp³-hybridized carbons (Fsp3) is 0.310. The number of carbonyl (C=O) groups is 1. The van der Waals surface area contributed by atoms with Gasteiger partial charge < -0.3 is 0 Å². The molecule has 0 aromatic heterocycles. The van der Waals surface area contributed by atoms with E-state index >= 15 is 0 Å². The van der Waals surface area contributed by atoms with Crippen molar-refractivity contribution in [3.05, 3.63) is 82.8 Å². The summed E-state index contributed by atoms with van der Waals surface area (Å²) in [6.07, 6.45) is 7.75. The van der Waals surface area contributed by atoms with Crippen LogP contribution in [0, 0.1) is 0 Å². The van der Waals surface area contributed by atoms with Crippen molar-refractivity contribution in [2.75, 3.05) is 0 Å². The molecule has 2 aliphatic rings. The number of nitrogens with zero attached hydrogens (tertiary/aromatic N) is 2. The van der Waals surface area contributed by atoms with Crippen LogP contribution in [0.15, 0.2) is 76.6 Å². The van der Waals surface area contributed by atoms with Gasteiger partial charge in [-0.1, -0.05) is 87.7 Å². The van der Waals surface area contributed by atoms with Crippen molar-refractivity contribution in [1.82, 2.24) is 4.90 Å². The first-order chi connectivity index (χ1) is 16.1. The summed E-state index contributed by atoms with van der Waals surface area (Å²) in [5.74, 6) is 0.594. The Labute approximate surface area is 200 Å². The van der Waals surface area contributed by atoms with Gasteiger partial charge in [0.05, 0.1) is 10.6 Å². The predicted molar refractivity (Wildman–Crippen MR) is 141 cm³/mol. The zero-order valence-electron chi connectivity index (χ0n) is 19.3. The minimum Gasteiger partial charge on any atom is -0.283 e. The molecule has 1 aliphatic heterocycles. The minimum absolute atomic E-state index is 0.0966. The number of hydrogen-bond acceptors (Lipinski definition) is 3. The van der Waals surface area contributed by atoms with Gasteiger partial charge in [-0.05, 0) is 70.6 Å². The molecule has 0 N–H and O–H groups in total. The summed E-state index contributed by atoms with van der Waals surface area (Å²) in [6.45, 7) is 4.39. The number of benzene rings is 3. The molecule has 33 heavy (non-hydrogen) atoms. The lowest BCUT2D eigenvalue weighted by Crippen LogP contribution is -2.40. The van der Waals surface area contributed by atoms with Crippen LogP contribution in [-0.4, -0.2) is 22.0 Å². The number of rotatable bonds is 4. The van der Waals surface area contributed by atoms with Crippen LogP contribution in [0.3, 0.4) is 0 Å². The molecule has 0 bridgehead atoms. The summed E-state index contributed by atoms with van der Waals surface area (Å²) >= 11 is 1.51. The lowest BCUT2D eigenvalue weighted by Gasteiger charge is -2.30. The van der Waals surface area contributed by atoms with Gasteiger partial charge in [0.2, 0.25) is 0 Å². The van der Waals surface area contributed by atoms with E-state index in [1.54, 1.807) is 0 Å². The van der Waals surface area contributed by atoms with Crippen LogP contribution in [0.25, 0.3) is 16.8 Å². The Balaban J connectivity index is 1.50. The number of amidine groups is 1. The van der Waals surface area contributed by atoms with Crippen LogP contribution in [0.1, 0.15) is 63.0 Å². The van der Waals surface area contributed by atoms with Crippen LogP contribution >= 0.6 is 11.8 Å². The summed E-state index contributed by atoms with van der Waals surface area (Å²) in [5.41, 5.74) is 3.27. The molecule has 168 valence electrons. The van der Waals surface area contributed by atoms with Gasteiger partial charge in [0.1, 0.15) is 0 Å². The van der Waals surface area contributed by atoms with E-state index in [1.807, 2.05) is 23.1 Å². The van der Waals surface area contributed by atoms with E-state index in [4.69, 9.17) is 4.99 Å². The van der Waals surface area contributed by atoms with E-state index in [9.17, 15) is 4.79 Å². The van der Waals surface area contributed by atoms with Gasteiger partial charge in [0.25, 0.3) is 5.91 Å². The SMILES string of the molecule is CC(C)c1ccc(/C=C2\SC(=Nc3ccc4ccccc4c3)N(C3CCCCC3)C2=O)cc1. The first-order valence-corrected chi connectivity index (χ1v) is 12.8. The van der Waals surface area contributed by atoms with Gasteiger partial charge in [0.15, 0.2) is 5.17 Å². The van der Waals surface area contributed by atoms with E-state index in [0.717, 1.165) is 34.2 Å². The highest BCUT2D eigenvalue weighted by atomic mass is 32.2. The molecule has 2 fully saturated rings. The van der Waals surface area contributed by atoms with Crippen molar-refractivity contribution < 1.29 is 4.79 Å². The molecule has 3 aromatic rings. The Kier molecular flexibility index (Phi) is 6.37. The van der Waals surface area contributed by atoms with Gasteiger partial charge >= 0.3 is 0 Å². The van der Waals surface area contributed by atoms with E-state index < -0.39 is 0 Å². The standard InChI is InChI=1S/C29H30N2OS/c1-20(2)22-14-12-21(13-15-22)18-27-28(32)31(26-10-4-3-5-11-26)29(33-27)30-25-17-16-23-8-6-7-9-24(23)19-25/h6-9,12-20,26H,3-5,10-11H2,1-2H3/b27-18-,30-29?. The Hall–Kier alpha value is -2.85. The third-order valence-corrected chi connectivity index (χ3v) is 7.62. The summed E-state index contributed by atoms with van der Waals surface area (Å²) in [5, 5.41) is 3.18. The lowest BCUT2D eigenvalue weighted by molar-refractivity contribution is -0.124. The molecular weight excluding hydrogens is 424 g/mol. The average Bonchev–Trinajstić information content (AvgIpc) is 3.14. The number of hydrogen-bond donors (Lipinski definition) is 0. The fourth-order valence-corrected chi connectivity index (χ4v) is 5.77. The van der Waals surface area contributed by atoms with Crippen molar-refractivity contribution in [3.63, 3.8) is 0 Å². The van der Waals surface area contributed by atoms with Crippen molar-refractivity contribution >= 4 is 45.4 Å². The summed E-state index contributed by atoms with van der Waals surface area (Å²) < 4.78 is 0. The van der Waals surface area contributed by atoms with Gasteiger partial charge in [0, 0.05) is 6.04 Å². The number of carbonyl (C=O) groups excluding carboxylic acids is 1. The first-order valence-electron chi connectivity index (χ1n) is 12.0. The van der Waals surface area contributed by atoms with E-state index in [0.29, 0.717) is 5.92 Å². The second-order valence-corrected chi connectivity index (χ2v) is 10.3. The van der Waals surface area contributed by atoms with E-state index in [1.165, 1.54) is 47.4 Å². The zero-order chi connectivity index (χ0) is 22.8. The summed E-state index contributed by atoms with van der Waals surface area (Å²) in [4.78, 5) is 21.3. The Bertz CT molecular complexity index is 1220. The molecule has 1 saturated carbocycles.